The van der Waals surface area contributed by atoms with E-state index in [1.165, 1.54) is 0 Å². The molecule has 1 atom stereocenters. The van der Waals surface area contributed by atoms with Crippen LogP contribution in [-0.2, 0) is 4.79 Å². The monoisotopic (exact) mass is 404 g/mol. The Morgan fingerprint density at radius 3 is 2.60 bits per heavy atom. The molecule has 0 aliphatic carbocycles. The van der Waals surface area contributed by atoms with Crippen molar-refractivity contribution < 1.29 is 14.3 Å². The molecule has 0 aliphatic rings. The van der Waals surface area contributed by atoms with Crippen molar-refractivity contribution >= 4 is 28.1 Å². The zero-order valence-electron chi connectivity index (χ0n) is 14.2. The largest absolute Gasteiger partial charge is 0.493 e. The highest BCUT2D eigenvalue weighted by Gasteiger charge is 2.15. The predicted molar refractivity (Wildman–Crippen MR) is 102 cm³/mol. The van der Waals surface area contributed by atoms with E-state index >= 15 is 0 Å². The number of benzene rings is 2. The Labute approximate surface area is 156 Å². The minimum Gasteiger partial charge on any atom is -0.493 e. The summed E-state index contributed by atoms with van der Waals surface area (Å²) < 4.78 is 12.1. The molecular formula is C19H21BrN2O3. The second-order valence-corrected chi connectivity index (χ2v) is 6.17. The first-order valence-corrected chi connectivity index (χ1v) is 8.87. The van der Waals surface area contributed by atoms with Gasteiger partial charge in [0.25, 0.3) is 5.91 Å². The summed E-state index contributed by atoms with van der Waals surface area (Å²) in [6.07, 6.45) is 1.81. The SMILES string of the molecule is CCCOc1ccccc1/C=N/NC(=O)C(C)Oc1ccccc1Br. The number of nitrogens with one attached hydrogen (secondary N) is 1. The summed E-state index contributed by atoms with van der Waals surface area (Å²) >= 11 is 3.39. The zero-order valence-corrected chi connectivity index (χ0v) is 15.8. The highest BCUT2D eigenvalue weighted by Crippen LogP contribution is 2.24. The number of para-hydroxylation sites is 2. The van der Waals surface area contributed by atoms with Crippen molar-refractivity contribution in [1.29, 1.82) is 0 Å². The van der Waals surface area contributed by atoms with Crippen molar-refractivity contribution in [2.75, 3.05) is 6.61 Å². The maximum Gasteiger partial charge on any atom is 0.280 e. The van der Waals surface area contributed by atoms with Gasteiger partial charge in [-0.1, -0.05) is 31.2 Å². The number of nitrogens with zero attached hydrogens (tertiary/aromatic N) is 1. The number of ether oxygens (including phenoxy) is 2. The summed E-state index contributed by atoms with van der Waals surface area (Å²) in [6, 6.07) is 14.9. The molecular weight excluding hydrogens is 384 g/mol. The van der Waals surface area contributed by atoms with E-state index in [0.29, 0.717) is 12.4 Å². The standard InChI is InChI=1S/C19H21BrN2O3/c1-3-12-24-17-10-6-4-8-15(17)13-21-22-19(23)14(2)25-18-11-7-5-9-16(18)20/h4-11,13-14H,3,12H2,1-2H3,(H,22,23)/b21-13+. The molecule has 0 saturated carbocycles. The van der Waals surface area contributed by atoms with Crippen LogP contribution >= 0.6 is 15.9 Å². The summed E-state index contributed by atoms with van der Waals surface area (Å²) in [4.78, 5) is 12.1. The Morgan fingerprint density at radius 2 is 1.88 bits per heavy atom. The molecule has 1 amide bonds. The zero-order chi connectivity index (χ0) is 18.1. The Morgan fingerprint density at radius 1 is 1.20 bits per heavy atom. The molecule has 0 bridgehead atoms. The summed E-state index contributed by atoms with van der Waals surface area (Å²) in [7, 11) is 0. The molecule has 0 radical (unpaired) electrons. The van der Waals surface area contributed by atoms with E-state index in [2.05, 4.69) is 26.5 Å². The number of carbonyl (C=O) groups excluding carboxylic acids is 1. The second kappa shape index (κ2) is 9.84. The number of carbonyl (C=O) groups is 1. The fourth-order valence-corrected chi connectivity index (χ4v) is 2.35. The lowest BCUT2D eigenvalue weighted by Crippen LogP contribution is -2.33. The van der Waals surface area contributed by atoms with Crippen molar-refractivity contribution in [3.63, 3.8) is 0 Å². The average Bonchev–Trinajstić information content (AvgIpc) is 2.62. The summed E-state index contributed by atoms with van der Waals surface area (Å²) in [5, 5.41) is 4.00. The predicted octanol–water partition coefficient (Wildman–Crippen LogP) is 4.16. The minimum atomic E-state index is -0.678. The van der Waals surface area contributed by atoms with E-state index in [0.717, 1.165) is 22.2 Å². The van der Waals surface area contributed by atoms with Gasteiger partial charge in [0.2, 0.25) is 0 Å². The van der Waals surface area contributed by atoms with Gasteiger partial charge >= 0.3 is 0 Å². The number of hydrogen-bond acceptors (Lipinski definition) is 4. The molecule has 0 aliphatic heterocycles. The van der Waals surface area contributed by atoms with Gasteiger partial charge in [-0.2, -0.15) is 5.10 Å². The number of hydrogen-bond donors (Lipinski definition) is 1. The van der Waals surface area contributed by atoms with E-state index in [1.54, 1.807) is 19.2 Å². The van der Waals surface area contributed by atoms with Crippen molar-refractivity contribution in [3.8, 4) is 11.5 Å². The molecule has 132 valence electrons. The van der Waals surface area contributed by atoms with Crippen LogP contribution in [0, 0.1) is 0 Å². The molecule has 0 fully saturated rings. The van der Waals surface area contributed by atoms with Gasteiger partial charge in [-0.15, -0.1) is 0 Å². The van der Waals surface area contributed by atoms with Gasteiger partial charge in [0, 0.05) is 5.56 Å². The lowest BCUT2D eigenvalue weighted by molar-refractivity contribution is -0.127. The third-order valence-electron chi connectivity index (χ3n) is 3.27. The smallest absolute Gasteiger partial charge is 0.280 e. The Hall–Kier alpha value is -2.34. The molecule has 0 saturated heterocycles. The number of hydrazone groups is 1. The highest BCUT2D eigenvalue weighted by atomic mass is 79.9. The van der Waals surface area contributed by atoms with Crippen LogP contribution in [0.4, 0.5) is 0 Å². The van der Waals surface area contributed by atoms with E-state index < -0.39 is 6.10 Å². The van der Waals surface area contributed by atoms with Gasteiger partial charge in [0.1, 0.15) is 11.5 Å². The van der Waals surface area contributed by atoms with E-state index in [9.17, 15) is 4.79 Å². The van der Waals surface area contributed by atoms with Gasteiger partial charge in [-0.25, -0.2) is 5.43 Å². The van der Waals surface area contributed by atoms with Crippen molar-refractivity contribution in [2.45, 2.75) is 26.4 Å². The highest BCUT2D eigenvalue weighted by molar-refractivity contribution is 9.10. The Bertz CT molecular complexity index is 734. The first kappa shape index (κ1) is 19.0. The summed E-state index contributed by atoms with van der Waals surface area (Å²) in [5.41, 5.74) is 3.29. The first-order chi connectivity index (χ1) is 12.1. The van der Waals surface area contributed by atoms with Crippen LogP contribution < -0.4 is 14.9 Å². The van der Waals surface area contributed by atoms with Crippen LogP contribution in [0.1, 0.15) is 25.8 Å². The van der Waals surface area contributed by atoms with E-state index in [4.69, 9.17) is 9.47 Å². The fraction of sp³-hybridized carbons (Fsp3) is 0.263. The van der Waals surface area contributed by atoms with Crippen LogP contribution in [0.2, 0.25) is 0 Å². The quantitative estimate of drug-likeness (QED) is 0.530. The molecule has 0 spiro atoms. The number of halogens is 1. The summed E-state index contributed by atoms with van der Waals surface area (Å²) in [5.74, 6) is 1.01. The van der Waals surface area contributed by atoms with Crippen molar-refractivity contribution in [2.24, 2.45) is 5.10 Å². The number of rotatable bonds is 8. The average molecular weight is 405 g/mol. The molecule has 2 aromatic rings. The van der Waals surface area contributed by atoms with E-state index in [1.807, 2.05) is 49.4 Å². The summed E-state index contributed by atoms with van der Waals surface area (Å²) in [6.45, 7) is 4.35. The van der Waals surface area contributed by atoms with Crippen LogP contribution in [0.15, 0.2) is 58.1 Å². The second-order valence-electron chi connectivity index (χ2n) is 5.31. The van der Waals surface area contributed by atoms with Gasteiger partial charge in [-0.3, -0.25) is 4.79 Å². The molecule has 0 aromatic heterocycles. The van der Waals surface area contributed by atoms with Crippen LogP contribution in [0.3, 0.4) is 0 Å². The number of amides is 1. The first-order valence-electron chi connectivity index (χ1n) is 8.07. The van der Waals surface area contributed by atoms with Gasteiger partial charge in [0.15, 0.2) is 6.10 Å². The topological polar surface area (TPSA) is 59.9 Å². The molecule has 2 rings (SSSR count). The van der Waals surface area contributed by atoms with Crippen LogP contribution in [0.25, 0.3) is 0 Å². The molecule has 0 heterocycles. The lowest BCUT2D eigenvalue weighted by Gasteiger charge is -2.14. The molecule has 1 unspecified atom stereocenters. The van der Waals surface area contributed by atoms with Crippen molar-refractivity contribution in [1.82, 2.24) is 5.43 Å². The normalized spacial score (nSPS) is 12.0. The third-order valence-corrected chi connectivity index (χ3v) is 3.92. The molecule has 2 aromatic carbocycles. The Kier molecular flexibility index (Phi) is 7.47. The van der Waals surface area contributed by atoms with Crippen LogP contribution in [0.5, 0.6) is 11.5 Å². The van der Waals surface area contributed by atoms with Gasteiger partial charge < -0.3 is 9.47 Å². The molecule has 5 nitrogen and oxygen atoms in total. The van der Waals surface area contributed by atoms with E-state index in [-0.39, 0.29) is 5.91 Å². The van der Waals surface area contributed by atoms with Gasteiger partial charge in [0.05, 0.1) is 17.3 Å². The fourth-order valence-electron chi connectivity index (χ4n) is 1.97. The van der Waals surface area contributed by atoms with Crippen LogP contribution in [-0.4, -0.2) is 24.8 Å². The minimum absolute atomic E-state index is 0.334. The van der Waals surface area contributed by atoms with Gasteiger partial charge in [-0.05, 0) is 53.5 Å². The van der Waals surface area contributed by atoms with Crippen molar-refractivity contribution in [3.05, 3.63) is 58.6 Å². The molecule has 1 N–H and O–H groups in total. The molecule has 6 heteroatoms. The Balaban J connectivity index is 1.93. The molecule has 25 heavy (non-hydrogen) atoms. The lowest BCUT2D eigenvalue weighted by atomic mass is 10.2. The maximum absolute atomic E-state index is 12.1. The maximum atomic E-state index is 12.1. The third kappa shape index (κ3) is 5.90.